The van der Waals surface area contributed by atoms with E-state index in [1.165, 1.54) is 0 Å². The van der Waals surface area contributed by atoms with Gasteiger partial charge in [-0.1, -0.05) is 19.4 Å². The van der Waals surface area contributed by atoms with Crippen LogP contribution in [0.15, 0.2) is 33.2 Å². The van der Waals surface area contributed by atoms with E-state index in [2.05, 4.69) is 27.5 Å². The molecule has 0 spiro atoms. The second-order valence-corrected chi connectivity index (χ2v) is 6.81. The summed E-state index contributed by atoms with van der Waals surface area (Å²) < 4.78 is 5.52. The number of guanidine groups is 1. The molecule has 0 aliphatic carbocycles. The quantitative estimate of drug-likeness (QED) is 0.445. The average Bonchev–Trinajstić information content (AvgIpc) is 3.28. The number of aliphatic hydroxyl groups is 1. The van der Waals surface area contributed by atoms with Gasteiger partial charge < -0.3 is 20.2 Å². The van der Waals surface area contributed by atoms with Crippen molar-refractivity contribution in [2.24, 2.45) is 10.9 Å². The molecule has 2 aromatic rings. The lowest BCUT2D eigenvalue weighted by Crippen LogP contribution is -2.40. The normalized spacial score (nSPS) is 13.0. The molecule has 0 fully saturated rings. The standard InChI is InChI=1S/C18H28N4O2S/c1-3-6-14(8-9-23)11-20-18(19-4-2)21-12-15-13-24-17(22-15)16-7-5-10-25-16/h5,7,10,13-14,23H,3-4,6,8-9,11-12H2,1-2H3,(H2,19,20,21). The minimum Gasteiger partial charge on any atom is -0.443 e. The molecule has 1 unspecified atom stereocenters. The molecule has 0 bridgehead atoms. The van der Waals surface area contributed by atoms with E-state index in [0.29, 0.717) is 18.4 Å². The maximum Gasteiger partial charge on any atom is 0.236 e. The molecule has 138 valence electrons. The summed E-state index contributed by atoms with van der Waals surface area (Å²) in [7, 11) is 0. The van der Waals surface area contributed by atoms with Crippen molar-refractivity contribution in [3.05, 3.63) is 29.5 Å². The van der Waals surface area contributed by atoms with Crippen molar-refractivity contribution in [1.29, 1.82) is 0 Å². The summed E-state index contributed by atoms with van der Waals surface area (Å²) in [5, 5.41) is 17.8. The number of nitrogens with zero attached hydrogens (tertiary/aromatic N) is 2. The predicted molar refractivity (Wildman–Crippen MR) is 103 cm³/mol. The summed E-state index contributed by atoms with van der Waals surface area (Å²) in [4.78, 5) is 10.1. The van der Waals surface area contributed by atoms with Crippen LogP contribution in [0.25, 0.3) is 10.8 Å². The van der Waals surface area contributed by atoms with E-state index < -0.39 is 0 Å². The molecule has 0 amide bonds. The highest BCUT2D eigenvalue weighted by atomic mass is 32.1. The molecule has 6 nitrogen and oxygen atoms in total. The first-order valence-electron chi connectivity index (χ1n) is 8.88. The van der Waals surface area contributed by atoms with Crippen molar-refractivity contribution < 1.29 is 9.52 Å². The zero-order valence-electron chi connectivity index (χ0n) is 15.0. The van der Waals surface area contributed by atoms with Crippen LogP contribution in [-0.4, -0.2) is 35.7 Å². The lowest BCUT2D eigenvalue weighted by atomic mass is 10.0. The largest absolute Gasteiger partial charge is 0.443 e. The van der Waals surface area contributed by atoms with Gasteiger partial charge >= 0.3 is 0 Å². The molecule has 0 aliphatic heterocycles. The topological polar surface area (TPSA) is 82.7 Å². The zero-order valence-corrected chi connectivity index (χ0v) is 15.8. The summed E-state index contributed by atoms with van der Waals surface area (Å²) in [6, 6.07) is 3.97. The van der Waals surface area contributed by atoms with Crippen LogP contribution in [0, 0.1) is 5.92 Å². The summed E-state index contributed by atoms with van der Waals surface area (Å²) in [6.07, 6.45) is 4.69. The van der Waals surface area contributed by atoms with Crippen LogP contribution in [0.3, 0.4) is 0 Å². The van der Waals surface area contributed by atoms with E-state index in [1.54, 1.807) is 17.6 Å². The van der Waals surface area contributed by atoms with Gasteiger partial charge in [0.2, 0.25) is 5.89 Å². The van der Waals surface area contributed by atoms with Gasteiger partial charge in [0.15, 0.2) is 5.96 Å². The first kappa shape index (κ1) is 19.5. The highest BCUT2D eigenvalue weighted by Crippen LogP contribution is 2.23. The van der Waals surface area contributed by atoms with Gasteiger partial charge in [0, 0.05) is 19.7 Å². The van der Waals surface area contributed by atoms with E-state index in [1.807, 2.05) is 24.4 Å². The number of aliphatic imine (C=N–C) groups is 1. The molecular formula is C18H28N4O2S. The molecule has 25 heavy (non-hydrogen) atoms. The Bertz CT molecular complexity index is 619. The molecule has 3 N–H and O–H groups in total. The molecule has 2 aromatic heterocycles. The van der Waals surface area contributed by atoms with Crippen LogP contribution in [0.1, 0.15) is 38.8 Å². The Labute approximate surface area is 153 Å². The van der Waals surface area contributed by atoms with Gasteiger partial charge in [0.25, 0.3) is 0 Å². The van der Waals surface area contributed by atoms with Crippen LogP contribution in [0.5, 0.6) is 0 Å². The van der Waals surface area contributed by atoms with Crippen molar-refractivity contribution >= 4 is 17.3 Å². The second-order valence-electron chi connectivity index (χ2n) is 5.86. The van der Waals surface area contributed by atoms with Crippen molar-refractivity contribution in [3.63, 3.8) is 0 Å². The summed E-state index contributed by atoms with van der Waals surface area (Å²) >= 11 is 1.61. The van der Waals surface area contributed by atoms with Crippen LogP contribution in [0.4, 0.5) is 0 Å². The van der Waals surface area contributed by atoms with E-state index in [4.69, 9.17) is 4.42 Å². The number of hydrogen-bond donors (Lipinski definition) is 3. The van der Waals surface area contributed by atoms with Crippen molar-refractivity contribution in [2.45, 2.75) is 39.7 Å². The number of nitrogens with one attached hydrogen (secondary N) is 2. The van der Waals surface area contributed by atoms with Gasteiger partial charge in [-0.25, -0.2) is 9.98 Å². The third-order valence-electron chi connectivity index (χ3n) is 3.82. The molecule has 0 aliphatic rings. The van der Waals surface area contributed by atoms with Crippen LogP contribution in [0.2, 0.25) is 0 Å². The van der Waals surface area contributed by atoms with E-state index >= 15 is 0 Å². The first-order valence-corrected chi connectivity index (χ1v) is 9.76. The number of oxazole rings is 1. The number of thiophene rings is 1. The molecular weight excluding hydrogens is 336 g/mol. The van der Waals surface area contributed by atoms with Gasteiger partial charge in [-0.3, -0.25) is 0 Å². The van der Waals surface area contributed by atoms with Gasteiger partial charge in [-0.05, 0) is 37.1 Å². The third kappa shape index (κ3) is 6.51. The lowest BCUT2D eigenvalue weighted by molar-refractivity contribution is 0.251. The molecule has 0 aromatic carbocycles. The van der Waals surface area contributed by atoms with Crippen LogP contribution in [-0.2, 0) is 6.54 Å². The summed E-state index contributed by atoms with van der Waals surface area (Å²) in [5.41, 5.74) is 0.807. The lowest BCUT2D eigenvalue weighted by Gasteiger charge is -2.18. The van der Waals surface area contributed by atoms with Crippen molar-refractivity contribution in [2.75, 3.05) is 19.7 Å². The Morgan fingerprint density at radius 2 is 2.24 bits per heavy atom. The Morgan fingerprint density at radius 1 is 1.36 bits per heavy atom. The molecule has 0 saturated carbocycles. The number of hydrogen-bond acceptors (Lipinski definition) is 5. The first-order chi connectivity index (χ1) is 12.3. The predicted octanol–water partition coefficient (Wildman–Crippen LogP) is 3.26. The average molecular weight is 365 g/mol. The summed E-state index contributed by atoms with van der Waals surface area (Å²) in [6.45, 7) is 6.50. The fraction of sp³-hybridized carbons (Fsp3) is 0.556. The van der Waals surface area contributed by atoms with E-state index in [0.717, 1.165) is 48.9 Å². The number of rotatable bonds is 10. The van der Waals surface area contributed by atoms with E-state index in [9.17, 15) is 5.11 Å². The van der Waals surface area contributed by atoms with Crippen molar-refractivity contribution in [3.8, 4) is 10.8 Å². The maximum atomic E-state index is 9.17. The van der Waals surface area contributed by atoms with Gasteiger partial charge in [0.1, 0.15) is 12.0 Å². The number of aromatic nitrogens is 1. The highest BCUT2D eigenvalue weighted by molar-refractivity contribution is 7.13. The molecule has 0 saturated heterocycles. The smallest absolute Gasteiger partial charge is 0.236 e. The fourth-order valence-electron chi connectivity index (χ4n) is 2.58. The van der Waals surface area contributed by atoms with Crippen molar-refractivity contribution in [1.82, 2.24) is 15.6 Å². The maximum absolute atomic E-state index is 9.17. The SMILES string of the molecule is CCCC(CCO)CNC(=NCc1coc(-c2cccs2)n1)NCC. The molecule has 7 heteroatoms. The molecule has 2 heterocycles. The molecule has 2 rings (SSSR count). The van der Waals surface area contributed by atoms with Gasteiger partial charge in [-0.15, -0.1) is 11.3 Å². The molecule has 1 atom stereocenters. The minimum atomic E-state index is 0.227. The Hall–Kier alpha value is -1.86. The Morgan fingerprint density at radius 3 is 2.92 bits per heavy atom. The number of aliphatic hydroxyl groups excluding tert-OH is 1. The summed E-state index contributed by atoms with van der Waals surface area (Å²) in [5.74, 6) is 1.86. The van der Waals surface area contributed by atoms with Crippen LogP contribution >= 0.6 is 11.3 Å². The monoisotopic (exact) mass is 364 g/mol. The van der Waals surface area contributed by atoms with Gasteiger partial charge in [-0.2, -0.15) is 0 Å². The Balaban J connectivity index is 1.92. The minimum absolute atomic E-state index is 0.227. The van der Waals surface area contributed by atoms with E-state index in [-0.39, 0.29) is 6.61 Å². The highest BCUT2D eigenvalue weighted by Gasteiger charge is 2.10. The fourth-order valence-corrected chi connectivity index (χ4v) is 3.23. The van der Waals surface area contributed by atoms with Gasteiger partial charge in [0.05, 0.1) is 11.4 Å². The third-order valence-corrected chi connectivity index (χ3v) is 4.68. The van der Waals surface area contributed by atoms with Crippen LogP contribution < -0.4 is 10.6 Å². The zero-order chi connectivity index (χ0) is 17.9. The molecule has 0 radical (unpaired) electrons. The second kappa shape index (κ2) is 10.9. The Kier molecular flexibility index (Phi) is 8.48.